The Morgan fingerprint density at radius 2 is 2.26 bits per heavy atom. The average Bonchev–Trinajstić information content (AvgIpc) is 3.05. The number of carboxylic acid groups (broad SMARTS) is 1. The molecular weight excluding hydrogens is 248 g/mol. The van der Waals surface area contributed by atoms with Crippen molar-refractivity contribution in [1.29, 1.82) is 0 Å². The van der Waals surface area contributed by atoms with Gasteiger partial charge < -0.3 is 20.1 Å². The lowest BCUT2D eigenvalue weighted by molar-refractivity contribution is -0.148. The van der Waals surface area contributed by atoms with E-state index in [1.54, 1.807) is 12.0 Å². The van der Waals surface area contributed by atoms with E-state index in [1.807, 2.05) is 6.92 Å². The molecule has 2 fully saturated rings. The summed E-state index contributed by atoms with van der Waals surface area (Å²) in [4.78, 5) is 25.4. The second-order valence-electron chi connectivity index (χ2n) is 5.50. The van der Waals surface area contributed by atoms with Crippen LogP contribution in [0.25, 0.3) is 0 Å². The summed E-state index contributed by atoms with van der Waals surface area (Å²) in [6, 6.07) is -0.230. The largest absolute Gasteiger partial charge is 0.481 e. The molecule has 6 heteroatoms. The molecule has 0 aromatic rings. The summed E-state index contributed by atoms with van der Waals surface area (Å²) < 4.78 is 5.23. The number of carboxylic acids is 1. The number of ether oxygens (including phenoxy) is 1. The standard InChI is InChI=1S/C13H22N2O4/c1-3-13(12(17)18)4-5-15(8-13)11(16)10-6-9(19-2)7-14-10/h9-10,14H,3-8H2,1-2H3,(H,17,18). The zero-order chi connectivity index (χ0) is 14.0. The molecule has 0 spiro atoms. The van der Waals surface area contributed by atoms with Gasteiger partial charge in [-0.05, 0) is 19.3 Å². The molecule has 2 saturated heterocycles. The quantitative estimate of drug-likeness (QED) is 0.756. The van der Waals surface area contributed by atoms with Crippen molar-refractivity contribution >= 4 is 11.9 Å². The molecule has 108 valence electrons. The van der Waals surface area contributed by atoms with Crippen LogP contribution in [0.2, 0.25) is 0 Å². The van der Waals surface area contributed by atoms with Gasteiger partial charge in [0, 0.05) is 26.7 Å². The van der Waals surface area contributed by atoms with Crippen LogP contribution in [0.15, 0.2) is 0 Å². The maximum absolute atomic E-state index is 12.4. The van der Waals surface area contributed by atoms with E-state index in [2.05, 4.69) is 5.32 Å². The number of hydrogen-bond donors (Lipinski definition) is 2. The van der Waals surface area contributed by atoms with E-state index in [9.17, 15) is 14.7 Å². The molecule has 3 atom stereocenters. The Labute approximate surface area is 113 Å². The lowest BCUT2D eigenvalue weighted by atomic mass is 9.84. The number of nitrogens with zero attached hydrogens (tertiary/aromatic N) is 1. The van der Waals surface area contributed by atoms with Gasteiger partial charge in [-0.25, -0.2) is 0 Å². The zero-order valence-electron chi connectivity index (χ0n) is 11.5. The van der Waals surface area contributed by atoms with Crippen LogP contribution in [-0.2, 0) is 14.3 Å². The third-order valence-corrected chi connectivity index (χ3v) is 4.52. The maximum atomic E-state index is 12.4. The van der Waals surface area contributed by atoms with Crippen molar-refractivity contribution < 1.29 is 19.4 Å². The number of hydrogen-bond acceptors (Lipinski definition) is 4. The first kappa shape index (κ1) is 14.3. The van der Waals surface area contributed by atoms with Gasteiger partial charge in [-0.3, -0.25) is 9.59 Å². The van der Waals surface area contributed by atoms with Gasteiger partial charge in [-0.15, -0.1) is 0 Å². The molecule has 0 radical (unpaired) electrons. The Hall–Kier alpha value is -1.14. The van der Waals surface area contributed by atoms with Gasteiger partial charge >= 0.3 is 5.97 Å². The Bertz CT molecular complexity index is 374. The van der Waals surface area contributed by atoms with E-state index < -0.39 is 11.4 Å². The molecule has 2 aliphatic heterocycles. The van der Waals surface area contributed by atoms with Crippen molar-refractivity contribution in [3.63, 3.8) is 0 Å². The lowest BCUT2D eigenvalue weighted by Gasteiger charge is -2.24. The minimum Gasteiger partial charge on any atom is -0.481 e. The molecule has 1 amide bonds. The summed E-state index contributed by atoms with van der Waals surface area (Å²) in [6.45, 7) is 3.41. The van der Waals surface area contributed by atoms with E-state index in [-0.39, 0.29) is 18.1 Å². The summed E-state index contributed by atoms with van der Waals surface area (Å²) in [5, 5.41) is 12.5. The van der Waals surface area contributed by atoms with E-state index in [0.29, 0.717) is 38.9 Å². The molecule has 2 heterocycles. The van der Waals surface area contributed by atoms with Gasteiger partial charge in [0.25, 0.3) is 0 Å². The predicted molar refractivity (Wildman–Crippen MR) is 68.8 cm³/mol. The Balaban J connectivity index is 1.97. The van der Waals surface area contributed by atoms with Crippen molar-refractivity contribution in [1.82, 2.24) is 10.2 Å². The normalized spacial score (nSPS) is 34.7. The zero-order valence-corrected chi connectivity index (χ0v) is 11.5. The van der Waals surface area contributed by atoms with Crippen LogP contribution >= 0.6 is 0 Å². The molecule has 19 heavy (non-hydrogen) atoms. The van der Waals surface area contributed by atoms with Crippen molar-refractivity contribution in [2.75, 3.05) is 26.7 Å². The van der Waals surface area contributed by atoms with Gasteiger partial charge in [-0.1, -0.05) is 6.92 Å². The average molecular weight is 270 g/mol. The SMILES string of the molecule is CCC1(C(=O)O)CCN(C(=O)C2CC(OC)CN2)C1. The van der Waals surface area contributed by atoms with E-state index in [4.69, 9.17) is 4.74 Å². The molecule has 0 aliphatic carbocycles. The van der Waals surface area contributed by atoms with Crippen molar-refractivity contribution in [2.45, 2.75) is 38.3 Å². The van der Waals surface area contributed by atoms with Crippen molar-refractivity contribution in [3.8, 4) is 0 Å². The molecule has 6 nitrogen and oxygen atoms in total. The van der Waals surface area contributed by atoms with Crippen LogP contribution in [0, 0.1) is 5.41 Å². The molecule has 3 unspecified atom stereocenters. The van der Waals surface area contributed by atoms with Crippen LogP contribution in [0.3, 0.4) is 0 Å². The molecule has 0 aromatic carbocycles. The van der Waals surface area contributed by atoms with Crippen LogP contribution in [0.1, 0.15) is 26.2 Å². The number of carbonyl (C=O) groups is 2. The molecule has 0 bridgehead atoms. The van der Waals surface area contributed by atoms with Crippen molar-refractivity contribution in [3.05, 3.63) is 0 Å². The van der Waals surface area contributed by atoms with Crippen LogP contribution < -0.4 is 5.32 Å². The van der Waals surface area contributed by atoms with E-state index in [0.717, 1.165) is 0 Å². The minimum atomic E-state index is -0.792. The third kappa shape index (κ3) is 2.60. The smallest absolute Gasteiger partial charge is 0.311 e. The molecule has 0 saturated carbocycles. The van der Waals surface area contributed by atoms with Crippen molar-refractivity contribution in [2.24, 2.45) is 5.41 Å². The second-order valence-corrected chi connectivity index (χ2v) is 5.50. The summed E-state index contributed by atoms with van der Waals surface area (Å²) in [5.41, 5.74) is -0.755. The monoisotopic (exact) mass is 270 g/mol. The summed E-state index contributed by atoms with van der Waals surface area (Å²) >= 11 is 0. The predicted octanol–water partition coefficient (Wildman–Crippen LogP) is 0.0766. The topological polar surface area (TPSA) is 78.9 Å². The number of nitrogens with one attached hydrogen (secondary N) is 1. The number of amides is 1. The first-order valence-corrected chi connectivity index (χ1v) is 6.81. The molecule has 2 aliphatic rings. The molecular formula is C13H22N2O4. The van der Waals surface area contributed by atoms with Crippen LogP contribution in [-0.4, -0.2) is 60.8 Å². The number of rotatable bonds is 4. The van der Waals surface area contributed by atoms with Gasteiger partial charge in [-0.2, -0.15) is 0 Å². The minimum absolute atomic E-state index is 0.0103. The third-order valence-electron chi connectivity index (χ3n) is 4.52. The number of carbonyl (C=O) groups excluding carboxylic acids is 1. The van der Waals surface area contributed by atoms with Gasteiger partial charge in [0.05, 0.1) is 17.6 Å². The number of methoxy groups -OCH3 is 1. The second kappa shape index (κ2) is 5.46. The summed E-state index contributed by atoms with van der Waals surface area (Å²) in [6.07, 6.45) is 1.85. The first-order chi connectivity index (χ1) is 9.02. The lowest BCUT2D eigenvalue weighted by Crippen LogP contribution is -2.44. The highest BCUT2D eigenvalue weighted by Crippen LogP contribution is 2.34. The molecule has 2 N–H and O–H groups in total. The van der Waals surface area contributed by atoms with Gasteiger partial charge in [0.1, 0.15) is 0 Å². The number of aliphatic carboxylic acids is 1. The highest BCUT2D eigenvalue weighted by Gasteiger charge is 2.46. The Morgan fingerprint density at radius 3 is 2.74 bits per heavy atom. The fourth-order valence-electron chi connectivity index (χ4n) is 2.97. The van der Waals surface area contributed by atoms with Crippen LogP contribution in [0.4, 0.5) is 0 Å². The Morgan fingerprint density at radius 1 is 1.53 bits per heavy atom. The fraction of sp³-hybridized carbons (Fsp3) is 0.846. The molecule has 0 aromatic heterocycles. The fourth-order valence-corrected chi connectivity index (χ4v) is 2.97. The van der Waals surface area contributed by atoms with E-state index in [1.165, 1.54) is 0 Å². The van der Waals surface area contributed by atoms with Crippen LogP contribution in [0.5, 0.6) is 0 Å². The first-order valence-electron chi connectivity index (χ1n) is 6.81. The van der Waals surface area contributed by atoms with Gasteiger partial charge in [0.2, 0.25) is 5.91 Å². The maximum Gasteiger partial charge on any atom is 0.311 e. The highest BCUT2D eigenvalue weighted by atomic mass is 16.5. The summed E-state index contributed by atoms with van der Waals surface area (Å²) in [5.74, 6) is -0.782. The highest BCUT2D eigenvalue weighted by molar-refractivity contribution is 5.84. The number of likely N-dealkylation sites (tertiary alicyclic amines) is 1. The van der Waals surface area contributed by atoms with Gasteiger partial charge in [0.15, 0.2) is 0 Å². The van der Waals surface area contributed by atoms with E-state index >= 15 is 0 Å². The summed E-state index contributed by atoms with van der Waals surface area (Å²) in [7, 11) is 1.64. The molecule has 2 rings (SSSR count). The Kier molecular flexibility index (Phi) is 4.10.